The molecule has 4 nitrogen and oxygen atoms in total. The van der Waals surface area contributed by atoms with Gasteiger partial charge in [-0.25, -0.2) is 4.79 Å². The zero-order valence-electron chi connectivity index (χ0n) is 9.35. The first-order chi connectivity index (χ1) is 8.34. The molecular weight excluding hydrogens is 216 g/mol. The maximum atomic E-state index is 10.6. The molecule has 1 saturated carbocycles. The summed E-state index contributed by atoms with van der Waals surface area (Å²) in [5.41, 5.74) is 1.39. The van der Waals surface area contributed by atoms with Gasteiger partial charge in [0.05, 0.1) is 11.7 Å². The van der Waals surface area contributed by atoms with Crippen LogP contribution in [0.4, 0.5) is 0 Å². The Labute approximate surface area is 98.3 Å². The normalized spacial score (nSPS) is 18.1. The van der Waals surface area contributed by atoms with Crippen LogP contribution in [-0.4, -0.2) is 11.2 Å². The number of carbonyl (C=O) groups excluding carboxylic acids is 1. The van der Waals surface area contributed by atoms with Gasteiger partial charge in [-0.15, -0.1) is 0 Å². The molecule has 0 atom stereocenters. The first-order valence-corrected chi connectivity index (χ1v) is 5.78. The van der Waals surface area contributed by atoms with Crippen molar-refractivity contribution in [1.29, 1.82) is 0 Å². The molecule has 0 radical (unpaired) electrons. The van der Waals surface area contributed by atoms with Gasteiger partial charge in [0.1, 0.15) is 0 Å². The maximum Gasteiger partial charge on any atom is 0.235 e. The van der Waals surface area contributed by atoms with Crippen molar-refractivity contribution in [1.82, 2.24) is 5.16 Å². The predicted molar refractivity (Wildman–Crippen MR) is 62.3 cm³/mol. The number of aromatic nitrogens is 1. The van der Waals surface area contributed by atoms with E-state index in [1.165, 1.54) is 0 Å². The number of fused-ring (bicyclic) bond motifs is 1. The molecule has 0 spiro atoms. The molecule has 1 fully saturated rings. The van der Waals surface area contributed by atoms with Crippen LogP contribution >= 0.6 is 0 Å². The summed E-state index contributed by atoms with van der Waals surface area (Å²) in [5, 5.41) is 4.72. The van der Waals surface area contributed by atoms with Crippen LogP contribution in [0.3, 0.4) is 0 Å². The standard InChI is InChI=1S/C13H12N2O2/c16-9-14-13(5-1-2-6-13)11-4-3-10-8-15-17-12(10)7-11/h3-4,7-8H,1-2,5-6H2. The fraction of sp³-hybridized carbons (Fsp3) is 0.385. The summed E-state index contributed by atoms with van der Waals surface area (Å²) in [6.45, 7) is 0. The maximum absolute atomic E-state index is 10.6. The molecule has 0 aliphatic heterocycles. The van der Waals surface area contributed by atoms with E-state index in [4.69, 9.17) is 4.52 Å². The smallest absolute Gasteiger partial charge is 0.235 e. The van der Waals surface area contributed by atoms with Gasteiger partial charge in [0, 0.05) is 5.39 Å². The summed E-state index contributed by atoms with van der Waals surface area (Å²) in [6.07, 6.45) is 7.41. The van der Waals surface area contributed by atoms with Gasteiger partial charge in [-0.3, -0.25) is 0 Å². The lowest BCUT2D eigenvalue weighted by atomic mass is 9.88. The van der Waals surface area contributed by atoms with Gasteiger partial charge in [0.2, 0.25) is 6.08 Å². The second kappa shape index (κ2) is 3.82. The minimum Gasteiger partial charge on any atom is -0.356 e. The molecule has 2 aromatic rings. The number of hydrogen-bond donors (Lipinski definition) is 0. The summed E-state index contributed by atoms with van der Waals surface area (Å²) in [6, 6.07) is 5.90. The summed E-state index contributed by atoms with van der Waals surface area (Å²) in [7, 11) is 0. The molecule has 17 heavy (non-hydrogen) atoms. The van der Waals surface area contributed by atoms with Crippen LogP contribution in [0.1, 0.15) is 31.2 Å². The molecule has 0 amide bonds. The van der Waals surface area contributed by atoms with Crippen LogP contribution < -0.4 is 0 Å². The highest BCUT2D eigenvalue weighted by Crippen LogP contribution is 2.42. The highest BCUT2D eigenvalue weighted by atomic mass is 16.5. The summed E-state index contributed by atoms with van der Waals surface area (Å²) >= 11 is 0. The van der Waals surface area contributed by atoms with Crippen molar-refractivity contribution in [2.75, 3.05) is 0 Å². The predicted octanol–water partition coefficient (Wildman–Crippen LogP) is 2.93. The molecule has 3 rings (SSSR count). The van der Waals surface area contributed by atoms with E-state index in [1.807, 2.05) is 18.2 Å². The first-order valence-electron chi connectivity index (χ1n) is 5.78. The molecule has 1 aliphatic rings. The third-order valence-electron chi connectivity index (χ3n) is 3.58. The Morgan fingerprint density at radius 1 is 1.35 bits per heavy atom. The fourth-order valence-corrected chi connectivity index (χ4v) is 2.66. The molecule has 1 heterocycles. The van der Waals surface area contributed by atoms with Gasteiger partial charge >= 0.3 is 0 Å². The topological polar surface area (TPSA) is 55.5 Å². The van der Waals surface area contributed by atoms with E-state index in [-0.39, 0.29) is 5.54 Å². The van der Waals surface area contributed by atoms with E-state index in [2.05, 4.69) is 10.1 Å². The second-order valence-electron chi connectivity index (χ2n) is 4.52. The van der Waals surface area contributed by atoms with Crippen molar-refractivity contribution in [2.24, 2.45) is 4.99 Å². The van der Waals surface area contributed by atoms with E-state index >= 15 is 0 Å². The van der Waals surface area contributed by atoms with E-state index in [0.29, 0.717) is 0 Å². The number of aliphatic imine (C=N–C) groups is 1. The van der Waals surface area contributed by atoms with Crippen LogP contribution in [0.25, 0.3) is 11.0 Å². The Balaban J connectivity index is 2.14. The summed E-state index contributed by atoms with van der Waals surface area (Å²) < 4.78 is 5.15. The lowest BCUT2D eigenvalue weighted by Crippen LogP contribution is -2.18. The molecule has 0 bridgehead atoms. The lowest BCUT2D eigenvalue weighted by molar-refractivity contribution is 0.445. The minimum atomic E-state index is -0.386. The molecule has 0 unspecified atom stereocenters. The Morgan fingerprint density at radius 3 is 2.94 bits per heavy atom. The molecule has 1 aliphatic carbocycles. The van der Waals surface area contributed by atoms with E-state index in [1.54, 1.807) is 12.3 Å². The first kappa shape index (κ1) is 10.2. The van der Waals surface area contributed by atoms with Gasteiger partial charge in [-0.1, -0.05) is 24.1 Å². The zero-order chi connectivity index (χ0) is 11.7. The lowest BCUT2D eigenvalue weighted by Gasteiger charge is -2.22. The largest absolute Gasteiger partial charge is 0.356 e. The van der Waals surface area contributed by atoms with Crippen molar-refractivity contribution in [3.05, 3.63) is 30.0 Å². The van der Waals surface area contributed by atoms with Gasteiger partial charge in [0.25, 0.3) is 0 Å². The third kappa shape index (κ3) is 1.58. The molecule has 86 valence electrons. The Hall–Kier alpha value is -1.93. The highest BCUT2D eigenvalue weighted by molar-refractivity contribution is 5.76. The van der Waals surface area contributed by atoms with Crippen LogP contribution in [0.5, 0.6) is 0 Å². The highest BCUT2D eigenvalue weighted by Gasteiger charge is 2.35. The number of isocyanates is 1. The molecule has 1 aromatic heterocycles. The summed E-state index contributed by atoms with van der Waals surface area (Å²) in [4.78, 5) is 14.7. The zero-order valence-corrected chi connectivity index (χ0v) is 9.35. The third-order valence-corrected chi connectivity index (χ3v) is 3.58. The average molecular weight is 228 g/mol. The van der Waals surface area contributed by atoms with Crippen LogP contribution in [0, 0.1) is 0 Å². The van der Waals surface area contributed by atoms with Gasteiger partial charge in [-0.2, -0.15) is 4.99 Å². The van der Waals surface area contributed by atoms with Gasteiger partial charge < -0.3 is 4.52 Å². The van der Waals surface area contributed by atoms with Gasteiger partial charge in [-0.05, 0) is 30.5 Å². The molecule has 1 aromatic carbocycles. The Morgan fingerprint density at radius 2 is 2.18 bits per heavy atom. The monoisotopic (exact) mass is 228 g/mol. The molecule has 0 N–H and O–H groups in total. The van der Waals surface area contributed by atoms with Crippen LogP contribution in [-0.2, 0) is 10.3 Å². The summed E-state index contributed by atoms with van der Waals surface area (Å²) in [5.74, 6) is 0. The van der Waals surface area contributed by atoms with Crippen LogP contribution in [0.2, 0.25) is 0 Å². The molecule has 0 saturated heterocycles. The van der Waals surface area contributed by atoms with Crippen molar-refractivity contribution in [3.63, 3.8) is 0 Å². The molecule has 4 heteroatoms. The number of rotatable bonds is 2. The van der Waals surface area contributed by atoms with Gasteiger partial charge in [0.15, 0.2) is 5.58 Å². The fourth-order valence-electron chi connectivity index (χ4n) is 2.66. The van der Waals surface area contributed by atoms with E-state index < -0.39 is 0 Å². The molecular formula is C13H12N2O2. The SMILES string of the molecule is O=C=NC1(c2ccc3cnoc3c2)CCCC1. The van der Waals surface area contributed by atoms with E-state index in [9.17, 15) is 4.79 Å². The Kier molecular flexibility index (Phi) is 2.30. The Bertz CT molecular complexity index is 590. The quantitative estimate of drug-likeness (QED) is 0.586. The number of hydrogen-bond acceptors (Lipinski definition) is 4. The van der Waals surface area contributed by atoms with E-state index in [0.717, 1.165) is 42.2 Å². The minimum absolute atomic E-state index is 0.386. The second-order valence-corrected chi connectivity index (χ2v) is 4.52. The number of benzene rings is 1. The van der Waals surface area contributed by atoms with Crippen molar-refractivity contribution >= 4 is 17.0 Å². The van der Waals surface area contributed by atoms with Crippen molar-refractivity contribution < 1.29 is 9.32 Å². The van der Waals surface area contributed by atoms with Crippen LogP contribution in [0.15, 0.2) is 33.9 Å². The average Bonchev–Trinajstić information content (AvgIpc) is 2.96. The van der Waals surface area contributed by atoms with Crippen molar-refractivity contribution in [3.8, 4) is 0 Å². The van der Waals surface area contributed by atoms with Crippen molar-refractivity contribution in [2.45, 2.75) is 31.2 Å². The number of nitrogens with zero attached hydrogens (tertiary/aromatic N) is 2.